The van der Waals surface area contributed by atoms with Gasteiger partial charge in [0.1, 0.15) is 12.4 Å². The molecule has 1 atom stereocenters. The van der Waals surface area contributed by atoms with Crippen molar-refractivity contribution < 1.29 is 13.9 Å². The summed E-state index contributed by atoms with van der Waals surface area (Å²) < 4.78 is 25.0. The van der Waals surface area contributed by atoms with Gasteiger partial charge >= 0.3 is 0 Å². The molecule has 0 fully saturated rings. The summed E-state index contributed by atoms with van der Waals surface area (Å²) in [5, 5.41) is 3.11. The van der Waals surface area contributed by atoms with Crippen molar-refractivity contribution in [1.29, 1.82) is 0 Å². The van der Waals surface area contributed by atoms with E-state index in [9.17, 15) is 4.39 Å². The van der Waals surface area contributed by atoms with Gasteiger partial charge in [0.2, 0.25) is 0 Å². The molecule has 3 aromatic rings. The number of anilines is 1. The van der Waals surface area contributed by atoms with Crippen LogP contribution in [0.25, 0.3) is 0 Å². The number of ether oxygens (including phenoxy) is 2. The molecule has 0 spiro atoms. The fourth-order valence-electron chi connectivity index (χ4n) is 2.93. The first-order valence-corrected chi connectivity index (χ1v) is 11.0. The van der Waals surface area contributed by atoms with E-state index in [1.54, 1.807) is 17.8 Å². The lowest BCUT2D eigenvalue weighted by molar-refractivity contribution is 0.0296. The van der Waals surface area contributed by atoms with Crippen LogP contribution in [0.2, 0.25) is 0 Å². The monoisotopic (exact) mass is 438 g/mol. The highest BCUT2D eigenvalue weighted by Crippen LogP contribution is 2.35. The molecule has 6 heteroatoms. The minimum Gasteiger partial charge on any atom is -0.485 e. The summed E-state index contributed by atoms with van der Waals surface area (Å²) in [6.45, 7) is 3.62. The fraction of sp³-hybridized carbons (Fsp3) is 0.240. The topological polar surface area (TPSA) is 42.9 Å². The van der Waals surface area contributed by atoms with Crippen molar-refractivity contribution in [3.8, 4) is 5.75 Å². The van der Waals surface area contributed by atoms with Crippen molar-refractivity contribution in [3.05, 3.63) is 83.9 Å². The molecule has 0 radical (unpaired) electrons. The lowest BCUT2D eigenvalue weighted by Gasteiger charge is -2.17. The Labute approximate surface area is 187 Å². The number of hydrogen-bond donors (Lipinski definition) is 1. The molecule has 0 saturated heterocycles. The molecule has 0 heterocycles. The Bertz CT molecular complexity index is 951. The van der Waals surface area contributed by atoms with Crippen LogP contribution in [-0.2, 0) is 17.1 Å². The van der Waals surface area contributed by atoms with Crippen LogP contribution in [0, 0.1) is 0 Å². The number of aliphatic imine (C=N–C) groups is 1. The molecule has 3 aromatic carbocycles. The number of rotatable bonds is 12. The van der Waals surface area contributed by atoms with Gasteiger partial charge in [-0.2, -0.15) is 0 Å². The highest BCUT2D eigenvalue weighted by atomic mass is 32.2. The van der Waals surface area contributed by atoms with Gasteiger partial charge in [-0.3, -0.25) is 4.99 Å². The van der Waals surface area contributed by atoms with Crippen LogP contribution in [0.1, 0.15) is 11.1 Å². The maximum atomic E-state index is 13.5. The Morgan fingerprint density at radius 3 is 2.48 bits per heavy atom. The Morgan fingerprint density at radius 2 is 1.81 bits per heavy atom. The van der Waals surface area contributed by atoms with Gasteiger partial charge in [-0.25, -0.2) is 4.39 Å². The third kappa shape index (κ3) is 7.12. The quantitative estimate of drug-likeness (QED) is 0.267. The molecule has 0 bridgehead atoms. The summed E-state index contributed by atoms with van der Waals surface area (Å²) in [5.41, 5.74) is 4.09. The van der Waals surface area contributed by atoms with E-state index in [0.29, 0.717) is 12.4 Å². The molecule has 3 rings (SSSR count). The lowest BCUT2D eigenvalue weighted by atomic mass is 10.2. The van der Waals surface area contributed by atoms with Crippen molar-refractivity contribution in [1.82, 2.24) is 0 Å². The minimum atomic E-state index is -0.668. The largest absolute Gasteiger partial charge is 0.485 e. The van der Waals surface area contributed by atoms with E-state index in [4.69, 9.17) is 9.47 Å². The highest BCUT2D eigenvalue weighted by molar-refractivity contribution is 7.98. The molecule has 0 aliphatic heterocycles. The van der Waals surface area contributed by atoms with Gasteiger partial charge < -0.3 is 14.8 Å². The third-order valence-electron chi connectivity index (χ3n) is 4.63. The predicted molar refractivity (Wildman–Crippen MR) is 128 cm³/mol. The molecule has 0 saturated carbocycles. The SMILES string of the molecule is C=Nc1ccc(OC(CF)COCc2ccccc2)cc1SCc1ccc(NC)cc1. The van der Waals surface area contributed by atoms with Crippen molar-refractivity contribution in [2.45, 2.75) is 23.4 Å². The van der Waals surface area contributed by atoms with Gasteiger partial charge in [0.15, 0.2) is 6.10 Å². The maximum Gasteiger partial charge on any atom is 0.150 e. The van der Waals surface area contributed by atoms with Crippen molar-refractivity contribution in [2.24, 2.45) is 4.99 Å². The van der Waals surface area contributed by atoms with Crippen LogP contribution >= 0.6 is 11.8 Å². The summed E-state index contributed by atoms with van der Waals surface area (Å²) in [4.78, 5) is 5.04. The van der Waals surface area contributed by atoms with E-state index < -0.39 is 12.8 Å². The molecule has 31 heavy (non-hydrogen) atoms. The molecule has 1 N–H and O–H groups in total. The fourth-order valence-corrected chi connectivity index (χ4v) is 3.92. The Morgan fingerprint density at radius 1 is 1.03 bits per heavy atom. The molecule has 0 aliphatic carbocycles. The molecule has 162 valence electrons. The number of hydrogen-bond acceptors (Lipinski definition) is 5. The molecule has 0 aromatic heterocycles. The first-order valence-electron chi connectivity index (χ1n) is 10.1. The van der Waals surface area contributed by atoms with Gasteiger partial charge in [0, 0.05) is 23.4 Å². The zero-order valence-corrected chi connectivity index (χ0v) is 18.4. The van der Waals surface area contributed by atoms with Gasteiger partial charge in [-0.05, 0) is 48.2 Å². The van der Waals surface area contributed by atoms with E-state index in [1.807, 2.05) is 61.6 Å². The van der Waals surface area contributed by atoms with Crippen molar-refractivity contribution in [2.75, 3.05) is 25.6 Å². The summed E-state index contributed by atoms with van der Waals surface area (Å²) in [5.74, 6) is 1.37. The average Bonchev–Trinajstić information content (AvgIpc) is 2.83. The summed E-state index contributed by atoms with van der Waals surface area (Å²) in [7, 11) is 1.90. The second-order valence-corrected chi connectivity index (χ2v) is 7.94. The van der Waals surface area contributed by atoms with Crippen LogP contribution in [0.5, 0.6) is 5.75 Å². The van der Waals surface area contributed by atoms with Gasteiger partial charge in [0.05, 0.1) is 18.9 Å². The molecular weight excluding hydrogens is 411 g/mol. The van der Waals surface area contributed by atoms with Crippen LogP contribution in [-0.4, -0.2) is 33.2 Å². The molecular formula is C25H27FN2O2S. The van der Waals surface area contributed by atoms with E-state index in [0.717, 1.165) is 27.6 Å². The second-order valence-electron chi connectivity index (χ2n) is 6.92. The number of nitrogens with one attached hydrogen (secondary N) is 1. The zero-order valence-electron chi connectivity index (χ0n) is 17.6. The summed E-state index contributed by atoms with van der Waals surface area (Å²) >= 11 is 1.64. The Hall–Kier alpha value is -2.83. The lowest BCUT2D eigenvalue weighted by Crippen LogP contribution is -2.25. The molecule has 0 amide bonds. The summed E-state index contributed by atoms with van der Waals surface area (Å²) in [6, 6.07) is 23.6. The van der Waals surface area contributed by atoms with Crippen molar-refractivity contribution >= 4 is 29.9 Å². The van der Waals surface area contributed by atoms with Gasteiger partial charge in [-0.15, -0.1) is 11.8 Å². The van der Waals surface area contributed by atoms with Crippen LogP contribution in [0.3, 0.4) is 0 Å². The smallest absolute Gasteiger partial charge is 0.150 e. The van der Waals surface area contributed by atoms with Crippen LogP contribution < -0.4 is 10.1 Å². The van der Waals surface area contributed by atoms with Gasteiger partial charge in [-0.1, -0.05) is 42.5 Å². The van der Waals surface area contributed by atoms with E-state index in [-0.39, 0.29) is 6.61 Å². The highest BCUT2D eigenvalue weighted by Gasteiger charge is 2.13. The molecule has 0 aliphatic rings. The normalized spacial score (nSPS) is 11.7. The first-order chi connectivity index (χ1) is 15.2. The molecule has 4 nitrogen and oxygen atoms in total. The predicted octanol–water partition coefficient (Wildman–Crippen LogP) is 6.29. The number of alkyl halides is 1. The molecule has 1 unspecified atom stereocenters. The number of halogens is 1. The van der Waals surface area contributed by atoms with Crippen molar-refractivity contribution in [3.63, 3.8) is 0 Å². The Balaban J connectivity index is 1.59. The van der Waals surface area contributed by atoms with Crippen LogP contribution in [0.15, 0.2) is 82.7 Å². The van der Waals surface area contributed by atoms with Crippen LogP contribution in [0.4, 0.5) is 15.8 Å². The van der Waals surface area contributed by atoms with E-state index in [2.05, 4.69) is 29.2 Å². The number of thioether (sulfide) groups is 1. The maximum absolute atomic E-state index is 13.5. The van der Waals surface area contributed by atoms with Gasteiger partial charge in [0.25, 0.3) is 0 Å². The number of benzene rings is 3. The first kappa shape index (κ1) is 22.8. The third-order valence-corrected chi connectivity index (χ3v) is 5.74. The standard InChI is InChI=1S/C25H27FN2O2S/c1-27-21-10-8-20(9-11-21)18-31-25-14-22(12-13-24(25)28-2)30-23(15-26)17-29-16-19-6-4-3-5-7-19/h3-14,23,27H,2,15-18H2,1H3. The Kier molecular flexibility index (Phi) is 8.94. The number of nitrogens with zero attached hydrogens (tertiary/aromatic N) is 1. The van der Waals surface area contributed by atoms with E-state index >= 15 is 0 Å². The average molecular weight is 439 g/mol. The van der Waals surface area contributed by atoms with E-state index in [1.165, 1.54) is 5.56 Å². The minimum absolute atomic E-state index is 0.174. The zero-order chi connectivity index (χ0) is 21.9. The second kappa shape index (κ2) is 12.1. The summed E-state index contributed by atoms with van der Waals surface area (Å²) in [6.07, 6.45) is -0.668.